The Hall–Kier alpha value is 2.41. The van der Waals surface area contributed by atoms with Gasteiger partial charge in [-0.25, -0.2) is 0 Å². The van der Waals surface area contributed by atoms with Gasteiger partial charge in [0.2, 0.25) is 0 Å². The maximum absolute atomic E-state index is 10.1. The van der Waals surface area contributed by atoms with Gasteiger partial charge in [0, 0.05) is 0 Å². The Morgan fingerprint density at radius 2 is 1.07 bits per heavy atom. The molecule has 0 bridgehead atoms. The Morgan fingerprint density at radius 1 is 0.857 bits per heavy atom. The molecule has 0 aromatic carbocycles. The van der Waals surface area contributed by atoms with Crippen LogP contribution in [0.1, 0.15) is 0 Å². The Labute approximate surface area is 142 Å². The van der Waals surface area contributed by atoms with Crippen LogP contribution in [0.25, 0.3) is 0 Å². The molecule has 0 aromatic rings. The van der Waals surface area contributed by atoms with Gasteiger partial charge >= 0.3 is 108 Å². The van der Waals surface area contributed by atoms with Gasteiger partial charge in [-0.1, -0.05) is 0 Å². The van der Waals surface area contributed by atoms with E-state index in [-0.39, 0.29) is 75.5 Å². The second kappa shape index (κ2) is 8.49. The molecule has 82 valence electrons. The van der Waals surface area contributed by atoms with Crippen LogP contribution in [0, 0.1) is 0 Å². The van der Waals surface area contributed by atoms with Gasteiger partial charge in [0.1, 0.15) is 0 Å². The van der Waals surface area contributed by atoms with Gasteiger partial charge in [0.25, 0.3) is 0 Å². The summed E-state index contributed by atoms with van der Waals surface area (Å²) in [7, 11) is -10.2. The van der Waals surface area contributed by atoms with E-state index in [1.807, 2.05) is 0 Å². The normalized spacial score (nSPS) is 11.6. The predicted octanol–water partition coefficient (Wildman–Crippen LogP) is -3.63. The van der Waals surface area contributed by atoms with Crippen molar-refractivity contribution in [2.45, 2.75) is 0 Å². The number of rotatable bonds is 4. The van der Waals surface area contributed by atoms with Crippen LogP contribution in [-0.4, -0.2) is 106 Å². The van der Waals surface area contributed by atoms with Gasteiger partial charge in [0.05, 0.1) is 0 Å². The predicted molar refractivity (Wildman–Crippen MR) is 50.5 cm³/mol. The average molecular weight is 326 g/mol. The fraction of sp³-hybridized carbons (Fsp3) is 0. The van der Waals surface area contributed by atoms with Crippen molar-refractivity contribution in [1.82, 2.24) is 0 Å². The Balaban J connectivity index is -0.000000605. The van der Waals surface area contributed by atoms with E-state index in [0.29, 0.717) is 0 Å². The second-order valence-electron chi connectivity index (χ2n) is 1.20. The fourth-order valence-electron chi connectivity index (χ4n) is 0.152. The van der Waals surface area contributed by atoms with E-state index < -0.39 is 32.2 Å². The second-order valence-corrected chi connectivity index (χ2v) is 4.40. The molecule has 0 saturated heterocycles. The maximum atomic E-state index is 10.1. The van der Waals surface area contributed by atoms with Gasteiger partial charge in [-0.15, -0.1) is 7.26 Å². The minimum atomic E-state index is -5.10. The van der Waals surface area contributed by atoms with Crippen LogP contribution in [-0.2, 0) is 39.4 Å². The van der Waals surface area contributed by atoms with Crippen LogP contribution < -0.4 is 0 Å². The molecule has 0 fully saturated rings. The van der Waals surface area contributed by atoms with Crippen LogP contribution in [0.3, 0.4) is 0 Å². The first-order valence-electron chi connectivity index (χ1n) is 1.87. The van der Waals surface area contributed by atoms with E-state index in [1.165, 1.54) is 0 Å². The van der Waals surface area contributed by atoms with Crippen molar-refractivity contribution in [2.24, 2.45) is 0 Å². The van der Waals surface area contributed by atoms with Gasteiger partial charge in [-0.2, -0.15) is 21.0 Å². The summed E-state index contributed by atoms with van der Waals surface area (Å²) in [6.45, 7) is 0. The Bertz CT molecular complexity index is 325. The summed E-state index contributed by atoms with van der Waals surface area (Å²) in [5, 5.41) is 0. The molecule has 0 saturated carbocycles. The molecule has 14 heavy (non-hydrogen) atoms. The number of hydrogen-bond donors (Lipinski definition) is 2. The van der Waals surface area contributed by atoms with E-state index in [1.54, 1.807) is 0 Å². The Kier molecular flexibility index (Phi) is 13.1. The molecule has 0 atom stereocenters. The van der Waals surface area contributed by atoms with Gasteiger partial charge in [-0.3, -0.25) is 9.11 Å². The van der Waals surface area contributed by atoms with Crippen LogP contribution >= 0.6 is 0 Å². The molecule has 0 aliphatic carbocycles. The summed E-state index contributed by atoms with van der Waals surface area (Å²) in [5.74, 6) is 0. The topological polar surface area (TPSA) is 144 Å². The summed E-state index contributed by atoms with van der Waals surface area (Å²) >= 11 is -3.33. The molecule has 0 aromatic heterocycles. The van der Waals surface area contributed by atoms with E-state index in [9.17, 15) is 21.0 Å². The third-order valence-electron chi connectivity index (χ3n) is 0.283. The summed E-state index contributed by atoms with van der Waals surface area (Å²) < 4.78 is 70.6. The third kappa shape index (κ3) is 16.8. The zero-order chi connectivity index (χ0) is 9.99. The molecular weight excluding hydrogens is 320 g/mol. The van der Waals surface area contributed by atoms with Crippen LogP contribution in [0.4, 0.5) is 0 Å². The van der Waals surface area contributed by atoms with Crippen LogP contribution in [0.5, 0.6) is 0 Å². The van der Waals surface area contributed by atoms with Crippen molar-refractivity contribution in [2.75, 3.05) is 0 Å². The molecule has 9 nitrogen and oxygen atoms in total. The van der Waals surface area contributed by atoms with Gasteiger partial charge in [-0.05, 0) is 0 Å². The molecule has 0 spiro atoms. The molecular formula is H6Ca2O9S3. The van der Waals surface area contributed by atoms with E-state index >= 15 is 0 Å². The molecule has 0 unspecified atom stereocenters. The van der Waals surface area contributed by atoms with Gasteiger partial charge in [0.15, 0.2) is 0 Å². The standard InChI is InChI=1S/2Ca.H2O9S3.4H/c;;1-10(8-11(2,3)4)9-12(5,6)7;;;;/h;;(H,2,3,4)(H,5,6,7);;;;. The van der Waals surface area contributed by atoms with Crippen LogP contribution in [0.15, 0.2) is 0 Å². The fourth-order valence-corrected chi connectivity index (χ4v) is 1.57. The summed E-state index contributed by atoms with van der Waals surface area (Å²) in [4.78, 5) is 0. The molecule has 0 aliphatic heterocycles. The molecule has 0 heterocycles. The zero-order valence-electron chi connectivity index (χ0n) is 4.98. The molecule has 0 aliphatic rings. The summed E-state index contributed by atoms with van der Waals surface area (Å²) in [6, 6.07) is 0. The molecule has 14 heteroatoms. The van der Waals surface area contributed by atoms with E-state index in [4.69, 9.17) is 9.11 Å². The SMILES string of the molecule is O=S(OS(=O)(=O)O)OS(=O)(=O)O.[CaH2].[CaH2]. The molecule has 2 N–H and O–H groups in total. The monoisotopic (exact) mass is 326 g/mol. The molecule has 0 radical (unpaired) electrons. The first-order chi connectivity index (χ1) is 5.10. The first-order valence-corrected chi connectivity index (χ1v) is 5.60. The summed E-state index contributed by atoms with van der Waals surface area (Å²) in [5.41, 5.74) is 0. The Morgan fingerprint density at radius 3 is 1.21 bits per heavy atom. The van der Waals surface area contributed by atoms with Crippen molar-refractivity contribution in [3.05, 3.63) is 0 Å². The van der Waals surface area contributed by atoms with E-state index in [0.717, 1.165) is 0 Å². The van der Waals surface area contributed by atoms with Crippen molar-refractivity contribution in [1.29, 1.82) is 0 Å². The summed E-state index contributed by atoms with van der Waals surface area (Å²) in [6.07, 6.45) is 0. The van der Waals surface area contributed by atoms with Crippen molar-refractivity contribution < 1.29 is 37.4 Å². The molecule has 0 amide bonds. The quantitative estimate of drug-likeness (QED) is 0.395. The zero-order valence-corrected chi connectivity index (χ0v) is 7.43. The van der Waals surface area contributed by atoms with Crippen molar-refractivity contribution in [3.63, 3.8) is 0 Å². The minimum absolute atomic E-state index is 0. The number of hydrogen-bond acceptors (Lipinski definition) is 7. The first kappa shape index (κ1) is 21.7. The van der Waals surface area contributed by atoms with Crippen molar-refractivity contribution in [3.8, 4) is 0 Å². The average Bonchev–Trinajstić information content (AvgIpc) is 1.49. The molecule has 0 rings (SSSR count). The van der Waals surface area contributed by atoms with Crippen molar-refractivity contribution >= 4 is 108 Å². The van der Waals surface area contributed by atoms with E-state index in [2.05, 4.69) is 7.26 Å². The third-order valence-corrected chi connectivity index (χ3v) is 2.55. The van der Waals surface area contributed by atoms with Crippen LogP contribution in [0.2, 0.25) is 0 Å². The van der Waals surface area contributed by atoms with Gasteiger partial charge < -0.3 is 0 Å².